The smallest absolute Gasteiger partial charge is 0.370 e. The van der Waals surface area contributed by atoms with Crippen molar-refractivity contribution in [1.29, 1.82) is 0 Å². The van der Waals surface area contributed by atoms with E-state index in [4.69, 9.17) is 21.1 Å². The van der Waals surface area contributed by atoms with E-state index < -0.39 is 5.69 Å². The number of ether oxygens (including phenoxy) is 2. The SMILES string of the molecule is COCn1nnn(-c2cccc(C)c2COc2ccn(-c3ccc(Cl)cc3)n2)c1=O. The van der Waals surface area contributed by atoms with Gasteiger partial charge in [-0.05, 0) is 53.2 Å². The number of methoxy groups -OCH3 is 1. The maximum absolute atomic E-state index is 12.5. The van der Waals surface area contributed by atoms with Crippen LogP contribution in [0.2, 0.25) is 5.02 Å². The van der Waals surface area contributed by atoms with Crippen molar-refractivity contribution in [3.63, 3.8) is 0 Å². The average Bonchev–Trinajstić information content (AvgIpc) is 3.35. The largest absolute Gasteiger partial charge is 0.472 e. The molecule has 0 radical (unpaired) electrons. The van der Waals surface area contributed by atoms with Gasteiger partial charge in [-0.3, -0.25) is 0 Å². The van der Waals surface area contributed by atoms with Crippen molar-refractivity contribution in [2.24, 2.45) is 0 Å². The molecule has 2 heterocycles. The van der Waals surface area contributed by atoms with Crippen LogP contribution in [0.1, 0.15) is 11.1 Å². The van der Waals surface area contributed by atoms with E-state index in [-0.39, 0.29) is 13.3 Å². The minimum atomic E-state index is -0.393. The molecule has 9 nitrogen and oxygen atoms in total. The maximum Gasteiger partial charge on any atom is 0.370 e. The van der Waals surface area contributed by atoms with Gasteiger partial charge < -0.3 is 9.47 Å². The predicted octanol–water partition coefficient (Wildman–Crippen LogP) is 2.76. The summed E-state index contributed by atoms with van der Waals surface area (Å²) in [5.41, 5.74) is 2.84. The monoisotopic (exact) mass is 426 g/mol. The highest BCUT2D eigenvalue weighted by Crippen LogP contribution is 2.20. The minimum absolute atomic E-state index is 0.0264. The fraction of sp³-hybridized carbons (Fsp3) is 0.200. The van der Waals surface area contributed by atoms with Gasteiger partial charge in [0, 0.05) is 30.0 Å². The normalized spacial score (nSPS) is 11.0. The summed E-state index contributed by atoms with van der Waals surface area (Å²) in [5.74, 6) is 0.453. The van der Waals surface area contributed by atoms with E-state index in [0.717, 1.165) is 21.5 Å². The highest BCUT2D eigenvalue weighted by molar-refractivity contribution is 6.30. The van der Waals surface area contributed by atoms with Crippen molar-refractivity contribution in [3.05, 3.63) is 81.4 Å². The Bertz CT molecular complexity index is 1210. The number of hydrogen-bond donors (Lipinski definition) is 0. The van der Waals surface area contributed by atoms with E-state index >= 15 is 0 Å². The van der Waals surface area contributed by atoms with Crippen LogP contribution in [0, 0.1) is 6.92 Å². The third-order valence-electron chi connectivity index (χ3n) is 4.52. The van der Waals surface area contributed by atoms with Crippen LogP contribution in [0.3, 0.4) is 0 Å². The molecular formula is C20H19ClN6O3. The van der Waals surface area contributed by atoms with Gasteiger partial charge in [-0.15, -0.1) is 5.10 Å². The average molecular weight is 427 g/mol. The van der Waals surface area contributed by atoms with Crippen molar-refractivity contribution in [1.82, 2.24) is 29.6 Å². The number of aryl methyl sites for hydroxylation is 1. The topological polar surface area (TPSA) is 89.0 Å². The molecule has 2 aromatic heterocycles. The van der Waals surface area contributed by atoms with E-state index in [1.54, 1.807) is 35.1 Å². The van der Waals surface area contributed by atoms with Crippen LogP contribution < -0.4 is 10.4 Å². The molecule has 0 atom stereocenters. The molecule has 0 aliphatic carbocycles. The van der Waals surface area contributed by atoms with Gasteiger partial charge in [-0.2, -0.15) is 9.36 Å². The van der Waals surface area contributed by atoms with Crippen LogP contribution >= 0.6 is 11.6 Å². The fourth-order valence-corrected chi connectivity index (χ4v) is 3.10. The number of nitrogens with zero attached hydrogens (tertiary/aromatic N) is 6. The van der Waals surface area contributed by atoms with Crippen LogP contribution in [0.5, 0.6) is 5.88 Å². The first kappa shape index (κ1) is 19.9. The Kier molecular flexibility index (Phi) is 5.64. The molecule has 4 rings (SSSR count). The highest BCUT2D eigenvalue weighted by atomic mass is 35.5. The zero-order chi connectivity index (χ0) is 21.1. The van der Waals surface area contributed by atoms with E-state index in [2.05, 4.69) is 15.5 Å². The van der Waals surface area contributed by atoms with Crippen molar-refractivity contribution in [2.45, 2.75) is 20.3 Å². The third-order valence-corrected chi connectivity index (χ3v) is 4.78. The Morgan fingerprint density at radius 1 is 1.07 bits per heavy atom. The van der Waals surface area contributed by atoms with Crippen molar-refractivity contribution < 1.29 is 9.47 Å². The molecule has 154 valence electrons. The number of rotatable bonds is 7. The molecule has 0 spiro atoms. The quantitative estimate of drug-likeness (QED) is 0.451. The second kappa shape index (κ2) is 8.52. The molecule has 0 bridgehead atoms. The van der Waals surface area contributed by atoms with Crippen molar-refractivity contribution in [3.8, 4) is 17.3 Å². The van der Waals surface area contributed by atoms with Gasteiger partial charge in [0.2, 0.25) is 5.88 Å². The first-order valence-electron chi connectivity index (χ1n) is 9.12. The summed E-state index contributed by atoms with van der Waals surface area (Å²) in [4.78, 5) is 12.5. The lowest BCUT2D eigenvalue weighted by Gasteiger charge is -2.11. The fourth-order valence-electron chi connectivity index (χ4n) is 2.97. The summed E-state index contributed by atoms with van der Waals surface area (Å²) >= 11 is 5.94. The zero-order valence-corrected chi connectivity index (χ0v) is 17.2. The molecule has 0 amide bonds. The van der Waals surface area contributed by atoms with Gasteiger partial charge in [0.05, 0.1) is 11.4 Å². The lowest BCUT2D eigenvalue weighted by Crippen LogP contribution is -2.26. The first-order valence-corrected chi connectivity index (χ1v) is 9.49. The molecule has 10 heteroatoms. The van der Waals surface area contributed by atoms with Gasteiger partial charge in [0.15, 0.2) is 0 Å². The minimum Gasteiger partial charge on any atom is -0.472 e. The summed E-state index contributed by atoms with van der Waals surface area (Å²) in [5, 5.41) is 12.9. The number of hydrogen-bond acceptors (Lipinski definition) is 6. The molecule has 0 saturated heterocycles. The number of tetrazole rings is 1. The van der Waals surface area contributed by atoms with E-state index in [1.807, 2.05) is 31.2 Å². The molecule has 0 unspecified atom stereocenters. The van der Waals surface area contributed by atoms with Gasteiger partial charge >= 0.3 is 5.69 Å². The van der Waals surface area contributed by atoms with Crippen LogP contribution in [-0.4, -0.2) is 36.7 Å². The molecule has 30 heavy (non-hydrogen) atoms. The summed E-state index contributed by atoms with van der Waals surface area (Å²) in [6.45, 7) is 2.18. The van der Waals surface area contributed by atoms with E-state index in [0.29, 0.717) is 16.6 Å². The summed E-state index contributed by atoms with van der Waals surface area (Å²) in [7, 11) is 1.49. The number of halogens is 1. The van der Waals surface area contributed by atoms with Gasteiger partial charge in [-0.25, -0.2) is 9.48 Å². The Balaban J connectivity index is 1.57. The number of benzene rings is 2. The Morgan fingerprint density at radius 2 is 1.87 bits per heavy atom. The molecule has 0 fully saturated rings. The van der Waals surface area contributed by atoms with Crippen LogP contribution in [0.4, 0.5) is 0 Å². The molecule has 0 saturated carbocycles. The molecule has 4 aromatic rings. The Hall–Kier alpha value is -3.43. The number of aromatic nitrogens is 6. The Morgan fingerprint density at radius 3 is 2.63 bits per heavy atom. The molecule has 0 aliphatic heterocycles. The third kappa shape index (κ3) is 3.98. The summed E-state index contributed by atoms with van der Waals surface area (Å²) in [6.07, 6.45) is 1.80. The van der Waals surface area contributed by atoms with Crippen molar-refractivity contribution >= 4 is 11.6 Å². The summed E-state index contributed by atoms with van der Waals surface area (Å²) < 4.78 is 14.9. The highest BCUT2D eigenvalue weighted by Gasteiger charge is 2.15. The van der Waals surface area contributed by atoms with Crippen LogP contribution in [-0.2, 0) is 18.1 Å². The lowest BCUT2D eigenvalue weighted by molar-refractivity contribution is 0.116. The van der Waals surface area contributed by atoms with E-state index in [1.165, 1.54) is 11.8 Å². The van der Waals surface area contributed by atoms with Gasteiger partial charge in [0.25, 0.3) is 0 Å². The van der Waals surface area contributed by atoms with Crippen LogP contribution in [0.25, 0.3) is 11.4 Å². The van der Waals surface area contributed by atoms with Crippen molar-refractivity contribution in [2.75, 3.05) is 7.11 Å². The second-order valence-corrected chi connectivity index (χ2v) is 6.96. The van der Waals surface area contributed by atoms with Crippen LogP contribution in [0.15, 0.2) is 59.5 Å². The maximum atomic E-state index is 12.5. The molecule has 0 N–H and O–H groups in total. The lowest BCUT2D eigenvalue weighted by atomic mass is 10.1. The summed E-state index contributed by atoms with van der Waals surface area (Å²) in [6, 6.07) is 14.7. The van der Waals surface area contributed by atoms with E-state index in [9.17, 15) is 4.79 Å². The molecule has 0 aliphatic rings. The standard InChI is InChI=1S/C20H19ClN6O3/c1-14-4-3-5-18(27-20(28)26(13-29-2)23-24-27)17(14)12-30-19-10-11-25(22-19)16-8-6-15(21)7-9-16/h3-11H,12-13H2,1-2H3. The predicted molar refractivity (Wildman–Crippen MR) is 110 cm³/mol. The second-order valence-electron chi connectivity index (χ2n) is 6.53. The van der Waals surface area contributed by atoms with Gasteiger partial charge in [-0.1, -0.05) is 23.7 Å². The molecule has 2 aromatic carbocycles. The zero-order valence-electron chi connectivity index (χ0n) is 16.4. The first-order chi connectivity index (χ1) is 14.6. The Labute approximate surface area is 177 Å². The van der Waals surface area contributed by atoms with Gasteiger partial charge in [0.1, 0.15) is 13.3 Å². The molecular weight excluding hydrogens is 408 g/mol.